The number of aryl methyl sites for hydroxylation is 1. The van der Waals surface area contributed by atoms with E-state index in [2.05, 4.69) is 9.72 Å². The summed E-state index contributed by atoms with van der Waals surface area (Å²) < 4.78 is 79.4. The number of aliphatic hydroxyl groups is 1. The summed E-state index contributed by atoms with van der Waals surface area (Å²) in [5, 5.41) is 10.5. The summed E-state index contributed by atoms with van der Waals surface area (Å²) in [6, 6.07) is 5.04. The van der Waals surface area contributed by atoms with E-state index in [1.165, 1.54) is 26.1 Å². The molecule has 3 rings (SSSR count). The van der Waals surface area contributed by atoms with E-state index in [4.69, 9.17) is 27.9 Å². The smallest absolute Gasteiger partial charge is 0.417 e. The van der Waals surface area contributed by atoms with Gasteiger partial charge in [0.1, 0.15) is 10.8 Å². The predicted molar refractivity (Wildman–Crippen MR) is 127 cm³/mol. The Morgan fingerprint density at radius 2 is 1.79 bits per heavy atom. The summed E-state index contributed by atoms with van der Waals surface area (Å²) in [5.74, 6) is -3.25. The number of halogens is 7. The normalized spacial score (nSPS) is 14.2. The maximum absolute atomic E-state index is 14.2. The molecule has 0 saturated heterocycles. The van der Waals surface area contributed by atoms with Crippen LogP contribution in [-0.2, 0) is 23.6 Å². The molecule has 0 unspecified atom stereocenters. The average Bonchev–Trinajstić information content (AvgIpc) is 2.85. The molecule has 2 atom stereocenters. The zero-order valence-corrected chi connectivity index (χ0v) is 21.3. The number of methoxy groups -OCH3 is 1. The first-order valence-electron chi connectivity index (χ1n) is 10.6. The van der Waals surface area contributed by atoms with Gasteiger partial charge in [-0.3, -0.25) is 4.79 Å². The van der Waals surface area contributed by atoms with Crippen LogP contribution >= 0.6 is 23.2 Å². The molecule has 0 spiro atoms. The van der Waals surface area contributed by atoms with Crippen LogP contribution in [0.2, 0.25) is 10.0 Å². The van der Waals surface area contributed by atoms with Crippen LogP contribution in [0.25, 0.3) is 0 Å². The molecule has 0 fully saturated rings. The summed E-state index contributed by atoms with van der Waals surface area (Å²) in [7, 11) is 2.20. The van der Waals surface area contributed by atoms with Crippen molar-refractivity contribution in [2.45, 2.75) is 31.0 Å². The van der Waals surface area contributed by atoms with Gasteiger partial charge < -0.3 is 19.1 Å². The van der Waals surface area contributed by atoms with E-state index >= 15 is 0 Å². The van der Waals surface area contributed by atoms with Crippen LogP contribution in [0.5, 0.6) is 11.6 Å². The van der Waals surface area contributed by atoms with Crippen LogP contribution in [0.3, 0.4) is 0 Å². The number of benzene rings is 1. The van der Waals surface area contributed by atoms with Gasteiger partial charge in [0.25, 0.3) is 12.0 Å². The highest BCUT2D eigenvalue weighted by Crippen LogP contribution is 2.44. The molecular weight excluding hydrogens is 562 g/mol. The fourth-order valence-electron chi connectivity index (χ4n) is 3.73. The molecule has 0 aliphatic heterocycles. The van der Waals surface area contributed by atoms with Crippen molar-refractivity contribution >= 4 is 29.2 Å². The maximum atomic E-state index is 14.2. The van der Waals surface area contributed by atoms with Gasteiger partial charge >= 0.3 is 12.1 Å². The number of rotatable bonds is 7. The third kappa shape index (κ3) is 5.62. The van der Waals surface area contributed by atoms with Gasteiger partial charge in [-0.15, -0.1) is 0 Å². The number of carbonyl (C=O) groups is 1. The lowest BCUT2D eigenvalue weighted by molar-refractivity contribution is -0.138. The van der Waals surface area contributed by atoms with Crippen LogP contribution in [0.4, 0.5) is 22.0 Å². The Bertz CT molecular complexity index is 1400. The Labute approximate surface area is 222 Å². The molecular formula is C24H19Cl2F5N2O5. The first-order valence-corrected chi connectivity index (χ1v) is 11.4. The Morgan fingerprint density at radius 1 is 1.13 bits per heavy atom. The Balaban J connectivity index is 1.98. The molecule has 1 aromatic carbocycles. The number of esters is 1. The summed E-state index contributed by atoms with van der Waals surface area (Å²) >= 11 is 12.1. The molecule has 0 saturated carbocycles. The topological polar surface area (TPSA) is 90.7 Å². The Kier molecular flexibility index (Phi) is 8.39. The van der Waals surface area contributed by atoms with Crippen molar-refractivity contribution in [1.29, 1.82) is 0 Å². The SMILES string of the molecule is COC(=O)c1cnc(Oc2ccc([C@H](C)[C@](O)(c3cc(Cl)c(=O)n(C)c3)C(F)F)c(Cl)c2)cc1C(F)(F)F. The highest BCUT2D eigenvalue weighted by atomic mass is 35.5. The number of hydrogen-bond acceptors (Lipinski definition) is 6. The molecule has 0 radical (unpaired) electrons. The zero-order valence-electron chi connectivity index (χ0n) is 19.8. The highest BCUT2D eigenvalue weighted by molar-refractivity contribution is 6.31. The zero-order chi connectivity index (χ0) is 28.6. The summed E-state index contributed by atoms with van der Waals surface area (Å²) in [6.45, 7) is 1.27. The van der Waals surface area contributed by atoms with Gasteiger partial charge in [0.15, 0.2) is 5.60 Å². The summed E-state index contributed by atoms with van der Waals surface area (Å²) in [5.41, 5.74) is -5.94. The van der Waals surface area contributed by atoms with E-state index in [0.29, 0.717) is 12.3 Å². The lowest BCUT2D eigenvalue weighted by Gasteiger charge is -2.35. The molecule has 14 heteroatoms. The Hall–Kier alpha value is -3.22. The molecule has 3 aromatic rings. The summed E-state index contributed by atoms with van der Waals surface area (Å²) in [6.07, 6.45) is -6.59. The van der Waals surface area contributed by atoms with E-state index in [0.717, 1.165) is 30.0 Å². The molecule has 0 aliphatic rings. The fourth-order valence-corrected chi connectivity index (χ4v) is 4.32. The molecule has 1 N–H and O–H groups in total. The van der Waals surface area contributed by atoms with Crippen molar-refractivity contribution in [1.82, 2.24) is 9.55 Å². The van der Waals surface area contributed by atoms with Gasteiger partial charge in [-0.05, 0) is 23.8 Å². The minimum absolute atomic E-state index is 0.0387. The standard InChI is InChI=1S/C24H19Cl2F5N2O5/c1-11(23(36,22(27)28)12-6-18(26)20(34)33(2)10-12)14-5-4-13(7-17(14)25)38-19-8-16(24(29,30)31)15(9-32-19)21(35)37-3/h4-11,22,36H,1-3H3/t11-,23-/m0/s1. The minimum atomic E-state index is -4.93. The van der Waals surface area contributed by atoms with E-state index in [1.54, 1.807) is 0 Å². The second-order valence-corrected chi connectivity index (χ2v) is 9.00. The van der Waals surface area contributed by atoms with E-state index in [9.17, 15) is 36.6 Å². The lowest BCUT2D eigenvalue weighted by atomic mass is 9.79. The summed E-state index contributed by atoms with van der Waals surface area (Å²) in [4.78, 5) is 27.2. The minimum Gasteiger partial charge on any atom is -0.465 e. The van der Waals surface area contributed by atoms with Crippen LogP contribution in [0.1, 0.15) is 39.9 Å². The molecule has 204 valence electrons. The van der Waals surface area contributed by atoms with Gasteiger partial charge in [-0.1, -0.05) is 36.2 Å². The molecule has 0 bridgehead atoms. The third-order valence-corrected chi connectivity index (χ3v) is 6.44. The predicted octanol–water partition coefficient (Wildman–Crippen LogP) is 5.94. The fraction of sp³-hybridized carbons (Fsp3) is 0.292. The van der Waals surface area contributed by atoms with E-state index in [-0.39, 0.29) is 26.9 Å². The second kappa shape index (κ2) is 10.9. The second-order valence-electron chi connectivity index (χ2n) is 8.18. The number of pyridine rings is 2. The monoisotopic (exact) mass is 580 g/mol. The van der Waals surface area contributed by atoms with Gasteiger partial charge in [-0.2, -0.15) is 13.2 Å². The van der Waals surface area contributed by atoms with Gasteiger partial charge in [-0.25, -0.2) is 18.6 Å². The maximum Gasteiger partial charge on any atom is 0.417 e. The van der Waals surface area contributed by atoms with Crippen molar-refractivity contribution in [3.8, 4) is 11.6 Å². The van der Waals surface area contributed by atoms with Crippen LogP contribution < -0.4 is 10.3 Å². The lowest BCUT2D eigenvalue weighted by Crippen LogP contribution is -2.40. The number of alkyl halides is 5. The number of aromatic nitrogens is 2. The van der Waals surface area contributed by atoms with E-state index < -0.39 is 52.7 Å². The molecule has 0 amide bonds. The van der Waals surface area contributed by atoms with Crippen molar-refractivity contribution < 1.29 is 41.3 Å². The van der Waals surface area contributed by atoms with Crippen molar-refractivity contribution in [2.75, 3.05) is 7.11 Å². The first-order chi connectivity index (χ1) is 17.6. The molecule has 2 aromatic heterocycles. The third-order valence-electron chi connectivity index (χ3n) is 5.85. The molecule has 7 nitrogen and oxygen atoms in total. The molecule has 0 aliphatic carbocycles. The van der Waals surface area contributed by atoms with Crippen LogP contribution in [0, 0.1) is 0 Å². The average molecular weight is 581 g/mol. The number of carbonyl (C=O) groups excluding carboxylic acids is 1. The molecule has 2 heterocycles. The van der Waals surface area contributed by atoms with Crippen LogP contribution in [0.15, 0.2) is 47.5 Å². The Morgan fingerprint density at radius 3 is 2.32 bits per heavy atom. The van der Waals surface area contributed by atoms with Gasteiger partial charge in [0.2, 0.25) is 5.88 Å². The van der Waals surface area contributed by atoms with Gasteiger partial charge in [0.05, 0.1) is 18.2 Å². The number of nitrogens with zero attached hydrogens (tertiary/aromatic N) is 2. The number of ether oxygens (including phenoxy) is 2. The van der Waals surface area contributed by atoms with E-state index in [1.807, 2.05) is 0 Å². The van der Waals surface area contributed by atoms with Crippen molar-refractivity contribution in [3.05, 3.63) is 85.4 Å². The quantitative estimate of drug-likeness (QED) is 0.275. The van der Waals surface area contributed by atoms with Gasteiger partial charge in [0, 0.05) is 42.0 Å². The highest BCUT2D eigenvalue weighted by Gasteiger charge is 2.46. The van der Waals surface area contributed by atoms with Crippen molar-refractivity contribution in [2.24, 2.45) is 7.05 Å². The largest absolute Gasteiger partial charge is 0.465 e. The number of hydrogen-bond donors (Lipinski definition) is 1. The first kappa shape index (κ1) is 29.3. The van der Waals surface area contributed by atoms with Crippen molar-refractivity contribution in [3.63, 3.8) is 0 Å². The van der Waals surface area contributed by atoms with Crippen LogP contribution in [-0.4, -0.2) is 34.2 Å². The molecule has 38 heavy (non-hydrogen) atoms.